The van der Waals surface area contributed by atoms with Gasteiger partial charge in [0, 0.05) is 17.5 Å². The molecule has 0 aromatic carbocycles. The van der Waals surface area contributed by atoms with Crippen LogP contribution in [0.4, 0.5) is 0 Å². The van der Waals surface area contributed by atoms with Gasteiger partial charge in [0.05, 0.1) is 11.9 Å². The minimum atomic E-state index is -1.05. The van der Waals surface area contributed by atoms with E-state index >= 15 is 0 Å². The van der Waals surface area contributed by atoms with E-state index in [-0.39, 0.29) is 11.9 Å². The number of aromatic amines is 1. The number of nitrogens with zero attached hydrogens (tertiary/aromatic N) is 1. The summed E-state index contributed by atoms with van der Waals surface area (Å²) in [5, 5.41) is 19.4. The van der Waals surface area contributed by atoms with E-state index in [9.17, 15) is 19.8 Å². The Morgan fingerprint density at radius 3 is 3.00 bits per heavy atom. The molecule has 0 spiro atoms. The lowest BCUT2D eigenvalue weighted by molar-refractivity contribution is -0.113. The lowest BCUT2D eigenvalue weighted by Gasteiger charge is -2.32. The largest absolute Gasteiger partial charge is 0.393 e. The third kappa shape index (κ3) is 1.96. The molecule has 3 heterocycles. The summed E-state index contributed by atoms with van der Waals surface area (Å²) in [7, 11) is 2.92. The minimum Gasteiger partial charge on any atom is -0.393 e. The molecule has 4 atom stereocenters. The molecule has 2 aliphatic heterocycles. The summed E-state index contributed by atoms with van der Waals surface area (Å²) in [6.45, 7) is 1.28. The number of aliphatic hydroxyl groups excluding tert-OH is 2. The van der Waals surface area contributed by atoms with E-state index in [4.69, 9.17) is 4.74 Å². The van der Waals surface area contributed by atoms with Crippen LogP contribution < -0.4 is 11.2 Å². The summed E-state index contributed by atoms with van der Waals surface area (Å²) in [6.07, 6.45) is -0.140. The normalized spacial score (nSPS) is 36.2. The maximum Gasteiger partial charge on any atom is 0.330 e. The van der Waals surface area contributed by atoms with E-state index in [1.54, 1.807) is 6.92 Å². The minimum absolute atomic E-state index is 0.314. The molecule has 3 rings (SSSR count). The van der Waals surface area contributed by atoms with Crippen LogP contribution in [0, 0.1) is 6.92 Å². The molecule has 2 unspecified atom stereocenters. The Labute approximate surface area is 121 Å². The van der Waals surface area contributed by atoms with Crippen molar-refractivity contribution < 1.29 is 14.9 Å². The highest BCUT2D eigenvalue weighted by Crippen LogP contribution is 2.53. The summed E-state index contributed by atoms with van der Waals surface area (Å²) in [6, 6.07) is 0. The molecule has 20 heavy (non-hydrogen) atoms. The van der Waals surface area contributed by atoms with E-state index in [2.05, 4.69) is 4.98 Å². The van der Waals surface area contributed by atoms with Gasteiger partial charge in [-0.3, -0.25) is 14.3 Å². The zero-order valence-electron chi connectivity index (χ0n) is 10.6. The maximum absolute atomic E-state index is 11.9. The van der Waals surface area contributed by atoms with E-state index in [0.29, 0.717) is 11.3 Å². The van der Waals surface area contributed by atoms with Gasteiger partial charge in [0.25, 0.3) is 5.56 Å². The highest BCUT2D eigenvalue weighted by Gasteiger charge is 2.58. The number of aryl methyl sites for hydroxylation is 1. The number of hydrogen-bond acceptors (Lipinski definition) is 7. The molecule has 2 bridgehead atoms. The molecule has 110 valence electrons. The van der Waals surface area contributed by atoms with Crippen LogP contribution in [-0.2, 0) is 4.74 Å². The number of rotatable bonds is 2. The number of ether oxygens (including phenoxy) is 1. The van der Waals surface area contributed by atoms with Gasteiger partial charge in [0.1, 0.15) is 11.7 Å². The van der Waals surface area contributed by atoms with Crippen molar-refractivity contribution in [2.75, 3.05) is 12.4 Å². The van der Waals surface area contributed by atoms with Gasteiger partial charge in [-0.25, -0.2) is 4.79 Å². The zero-order valence-corrected chi connectivity index (χ0v) is 12.2. The van der Waals surface area contributed by atoms with Crippen molar-refractivity contribution in [3.05, 3.63) is 32.6 Å². The van der Waals surface area contributed by atoms with Crippen molar-refractivity contribution in [3.63, 3.8) is 0 Å². The molecule has 1 aromatic rings. The first-order valence-corrected chi connectivity index (χ1v) is 8.44. The Hall–Kier alpha value is -0.740. The van der Waals surface area contributed by atoms with Crippen LogP contribution in [0.3, 0.4) is 0 Å². The fraction of sp³-hybridized carbons (Fsp3) is 0.636. The van der Waals surface area contributed by atoms with Gasteiger partial charge in [-0.15, -0.1) is 0 Å². The summed E-state index contributed by atoms with van der Waals surface area (Å²) in [4.78, 5) is 25.6. The SMILES string of the molecule is Cc1cn([C@@H]2O[C@@]3(CO)CSSC2C3O)c(=O)[nH]c1=O. The van der Waals surface area contributed by atoms with Crippen LogP contribution in [0.25, 0.3) is 0 Å². The zero-order chi connectivity index (χ0) is 14.5. The van der Waals surface area contributed by atoms with Crippen LogP contribution >= 0.6 is 21.6 Å². The van der Waals surface area contributed by atoms with Gasteiger partial charge in [-0.05, 0) is 6.92 Å². The molecule has 0 radical (unpaired) electrons. The Morgan fingerprint density at radius 1 is 1.60 bits per heavy atom. The molecule has 0 aliphatic carbocycles. The van der Waals surface area contributed by atoms with Crippen molar-refractivity contribution in [1.82, 2.24) is 9.55 Å². The van der Waals surface area contributed by atoms with Crippen molar-refractivity contribution in [2.24, 2.45) is 0 Å². The van der Waals surface area contributed by atoms with Crippen molar-refractivity contribution in [1.29, 1.82) is 0 Å². The molecule has 9 heteroatoms. The molecule has 2 fully saturated rings. The van der Waals surface area contributed by atoms with Crippen molar-refractivity contribution >= 4 is 21.6 Å². The van der Waals surface area contributed by atoms with Crippen LogP contribution in [0.15, 0.2) is 15.8 Å². The van der Waals surface area contributed by atoms with Crippen LogP contribution in [-0.4, -0.2) is 49.1 Å². The second kappa shape index (κ2) is 4.92. The van der Waals surface area contributed by atoms with Gasteiger partial charge in [-0.1, -0.05) is 21.6 Å². The third-order valence-electron chi connectivity index (χ3n) is 3.66. The second-order valence-electron chi connectivity index (χ2n) is 4.98. The summed E-state index contributed by atoms with van der Waals surface area (Å²) in [5.41, 5.74) is -1.68. The lowest BCUT2D eigenvalue weighted by Crippen LogP contribution is -2.49. The van der Waals surface area contributed by atoms with Gasteiger partial charge in [0.15, 0.2) is 6.23 Å². The van der Waals surface area contributed by atoms with Crippen LogP contribution in [0.1, 0.15) is 11.8 Å². The standard InChI is InChI=1S/C11H14N2O5S2/c1-5-2-13(10(17)12-8(5)16)9-6-7(15)11(3-14,18-9)4-19-20-6/h2,6-7,9,14-15H,3-4H2,1H3,(H,12,16,17)/t6?,7?,9-,11+/m1/s1. The predicted molar refractivity (Wildman–Crippen MR) is 75.8 cm³/mol. The molecule has 0 amide bonds. The second-order valence-corrected chi connectivity index (χ2v) is 7.52. The molecule has 7 nitrogen and oxygen atoms in total. The maximum atomic E-state index is 11.9. The fourth-order valence-electron chi connectivity index (χ4n) is 2.43. The number of aliphatic hydroxyl groups is 2. The van der Waals surface area contributed by atoms with E-state index in [1.807, 2.05) is 0 Å². The van der Waals surface area contributed by atoms with Gasteiger partial charge < -0.3 is 14.9 Å². The number of aromatic nitrogens is 2. The van der Waals surface area contributed by atoms with E-state index in [0.717, 1.165) is 0 Å². The number of H-pyrrole nitrogens is 1. The Balaban J connectivity index is 2.06. The van der Waals surface area contributed by atoms with Crippen molar-refractivity contribution in [2.45, 2.75) is 30.1 Å². The summed E-state index contributed by atoms with van der Waals surface area (Å²) < 4.78 is 7.07. The first-order chi connectivity index (χ1) is 9.48. The van der Waals surface area contributed by atoms with Crippen molar-refractivity contribution in [3.8, 4) is 0 Å². The summed E-state index contributed by atoms with van der Waals surface area (Å²) >= 11 is 0. The smallest absolute Gasteiger partial charge is 0.330 e. The monoisotopic (exact) mass is 318 g/mol. The van der Waals surface area contributed by atoms with Crippen LogP contribution in [0.2, 0.25) is 0 Å². The molecular weight excluding hydrogens is 304 g/mol. The number of nitrogens with one attached hydrogen (secondary N) is 1. The average Bonchev–Trinajstić information content (AvgIpc) is 2.60. The average molecular weight is 318 g/mol. The van der Waals surface area contributed by atoms with Gasteiger partial charge in [-0.2, -0.15) is 0 Å². The molecule has 2 saturated heterocycles. The highest BCUT2D eigenvalue weighted by atomic mass is 33.1. The van der Waals surface area contributed by atoms with E-state index in [1.165, 1.54) is 32.4 Å². The Morgan fingerprint density at radius 2 is 2.35 bits per heavy atom. The van der Waals surface area contributed by atoms with Gasteiger partial charge in [0.2, 0.25) is 0 Å². The predicted octanol–water partition coefficient (Wildman–Crippen LogP) is -0.771. The topological polar surface area (TPSA) is 105 Å². The Kier molecular flexibility index (Phi) is 3.49. The third-order valence-corrected chi connectivity index (χ3v) is 6.54. The molecular formula is C11H14N2O5S2. The first-order valence-electron chi connectivity index (χ1n) is 6.05. The van der Waals surface area contributed by atoms with Gasteiger partial charge >= 0.3 is 5.69 Å². The molecule has 3 N–H and O–H groups in total. The summed E-state index contributed by atoms with van der Waals surface area (Å²) in [5.74, 6) is 0.444. The van der Waals surface area contributed by atoms with Crippen LogP contribution in [0.5, 0.6) is 0 Å². The number of hydrogen-bond donors (Lipinski definition) is 3. The quantitative estimate of drug-likeness (QED) is 0.615. The first kappa shape index (κ1) is 14.2. The highest BCUT2D eigenvalue weighted by molar-refractivity contribution is 8.77. The molecule has 0 saturated carbocycles. The lowest BCUT2D eigenvalue weighted by atomic mass is 10.00. The molecule has 2 aliphatic rings. The number of fused-ring (bicyclic) bond motifs is 2. The Bertz CT molecular complexity index is 644. The molecule has 1 aromatic heterocycles. The fourth-order valence-corrected chi connectivity index (χ4v) is 5.70. The van der Waals surface area contributed by atoms with E-state index < -0.39 is 29.2 Å².